The number of carbonyl (C=O) groups is 1. The average molecular weight is 467 g/mol. The van der Waals surface area contributed by atoms with E-state index >= 15 is 0 Å². The Morgan fingerprint density at radius 1 is 1.15 bits per heavy atom. The lowest BCUT2D eigenvalue weighted by Crippen LogP contribution is -2.55. The maximum Gasteiger partial charge on any atom is 0.306 e. The number of carbonyl (C=O) groups excluding carboxylic acids is 1. The van der Waals surface area contributed by atoms with Gasteiger partial charge in [-0.05, 0) is 66.7 Å². The first-order valence-corrected chi connectivity index (χ1v) is 13.0. The van der Waals surface area contributed by atoms with Crippen LogP contribution in [0.1, 0.15) is 92.4 Å². The number of esters is 1. The minimum Gasteiger partial charge on any atom is -0.460 e. The van der Waals surface area contributed by atoms with Crippen molar-refractivity contribution in [3.8, 4) is 0 Å². The summed E-state index contributed by atoms with van der Waals surface area (Å²) in [6.07, 6.45) is 10.6. The Morgan fingerprint density at radius 3 is 2.48 bits per heavy atom. The third-order valence-corrected chi connectivity index (χ3v) is 7.50. The molecular formula is C27H46O6. The Balaban J connectivity index is 1.45. The predicted molar refractivity (Wildman–Crippen MR) is 128 cm³/mol. The van der Waals surface area contributed by atoms with E-state index in [1.165, 1.54) is 5.57 Å². The van der Waals surface area contributed by atoms with Crippen molar-refractivity contribution in [1.29, 1.82) is 0 Å². The molecule has 0 amide bonds. The van der Waals surface area contributed by atoms with E-state index in [1.807, 2.05) is 0 Å². The van der Waals surface area contributed by atoms with Crippen molar-refractivity contribution in [2.45, 2.75) is 128 Å². The lowest BCUT2D eigenvalue weighted by molar-refractivity contribution is -0.172. The third-order valence-electron chi connectivity index (χ3n) is 7.50. The molecule has 0 aromatic heterocycles. The molecule has 190 valence electrons. The van der Waals surface area contributed by atoms with Gasteiger partial charge in [0.05, 0.1) is 24.7 Å². The third kappa shape index (κ3) is 7.03. The van der Waals surface area contributed by atoms with E-state index in [-0.39, 0.29) is 41.4 Å². The molecular weight excluding hydrogens is 420 g/mol. The van der Waals surface area contributed by atoms with Gasteiger partial charge in [-0.25, -0.2) is 0 Å². The molecule has 3 fully saturated rings. The van der Waals surface area contributed by atoms with Crippen molar-refractivity contribution in [2.24, 2.45) is 5.92 Å². The highest BCUT2D eigenvalue weighted by atomic mass is 16.6. The summed E-state index contributed by atoms with van der Waals surface area (Å²) in [7, 11) is 1.72. The number of allylic oxidation sites excluding steroid dienone is 1. The van der Waals surface area contributed by atoms with Crippen molar-refractivity contribution in [3.05, 3.63) is 11.6 Å². The number of hydrogen-bond donors (Lipinski definition) is 0. The summed E-state index contributed by atoms with van der Waals surface area (Å²) in [6.45, 7) is 12.1. The topological polar surface area (TPSA) is 69.8 Å². The summed E-state index contributed by atoms with van der Waals surface area (Å²) in [5, 5.41) is 0. The smallest absolute Gasteiger partial charge is 0.306 e. The molecule has 2 saturated heterocycles. The Labute approximate surface area is 200 Å². The van der Waals surface area contributed by atoms with Gasteiger partial charge < -0.3 is 23.7 Å². The number of epoxide rings is 2. The SMILES string of the molecule is COC1C(OC(=O)CCCCCCCOC(C)C)CC[C@]2(CO2)C1C1(C)O[C@@H]1CC=C(C)C. The molecule has 2 aliphatic heterocycles. The van der Waals surface area contributed by atoms with Crippen molar-refractivity contribution in [2.75, 3.05) is 20.3 Å². The van der Waals surface area contributed by atoms with Crippen molar-refractivity contribution >= 4 is 5.97 Å². The highest BCUT2D eigenvalue weighted by Crippen LogP contribution is 2.59. The number of ether oxygens (including phenoxy) is 5. The van der Waals surface area contributed by atoms with Gasteiger partial charge in [-0.3, -0.25) is 4.79 Å². The number of hydrogen-bond acceptors (Lipinski definition) is 6. The van der Waals surface area contributed by atoms with Gasteiger partial charge in [-0.1, -0.05) is 30.9 Å². The molecule has 6 atom stereocenters. The molecule has 0 aromatic rings. The highest BCUT2D eigenvalue weighted by molar-refractivity contribution is 5.69. The normalized spacial score (nSPS) is 35.0. The molecule has 0 radical (unpaired) electrons. The number of rotatable bonds is 14. The molecule has 6 heteroatoms. The molecule has 1 spiro atoms. The van der Waals surface area contributed by atoms with Crippen LogP contribution in [0.2, 0.25) is 0 Å². The van der Waals surface area contributed by atoms with Crippen molar-refractivity contribution < 1.29 is 28.5 Å². The lowest BCUT2D eigenvalue weighted by Gasteiger charge is -2.42. The molecule has 3 aliphatic rings. The zero-order valence-corrected chi connectivity index (χ0v) is 21.7. The first-order chi connectivity index (χ1) is 15.7. The van der Waals surface area contributed by atoms with E-state index in [0.29, 0.717) is 12.5 Å². The fraction of sp³-hybridized carbons (Fsp3) is 0.889. The van der Waals surface area contributed by atoms with Gasteiger partial charge in [0.15, 0.2) is 0 Å². The van der Waals surface area contributed by atoms with Gasteiger partial charge >= 0.3 is 5.97 Å². The van der Waals surface area contributed by atoms with Crippen LogP contribution in [0.5, 0.6) is 0 Å². The van der Waals surface area contributed by atoms with Crippen LogP contribution in [-0.2, 0) is 28.5 Å². The second-order valence-corrected chi connectivity index (χ2v) is 10.8. The van der Waals surface area contributed by atoms with Crippen molar-refractivity contribution in [1.82, 2.24) is 0 Å². The van der Waals surface area contributed by atoms with Gasteiger partial charge in [0.2, 0.25) is 0 Å². The Kier molecular flexibility index (Phi) is 9.41. The molecule has 1 saturated carbocycles. The molecule has 2 heterocycles. The van der Waals surface area contributed by atoms with E-state index in [9.17, 15) is 4.79 Å². The maximum atomic E-state index is 12.6. The largest absolute Gasteiger partial charge is 0.460 e. The Bertz CT molecular complexity index is 666. The first-order valence-electron chi connectivity index (χ1n) is 13.0. The minimum absolute atomic E-state index is 0.0742. The van der Waals surface area contributed by atoms with E-state index in [4.69, 9.17) is 23.7 Å². The predicted octanol–water partition coefficient (Wildman–Crippen LogP) is 5.37. The summed E-state index contributed by atoms with van der Waals surface area (Å²) in [6, 6.07) is 0. The molecule has 3 rings (SSSR count). The standard InChI is InChI=1S/C27H46O6/c1-19(2)13-14-22-26(5,33-22)25-24(29-6)21(15-16-27(25)18-31-27)32-23(28)12-10-8-7-9-11-17-30-20(3)4/h13,20-22,24-25H,7-12,14-18H2,1-6H3/t21?,22-,24?,25?,26?,27+/m1/s1. The second kappa shape index (κ2) is 11.7. The zero-order valence-electron chi connectivity index (χ0n) is 21.7. The second-order valence-electron chi connectivity index (χ2n) is 10.8. The van der Waals surface area contributed by atoms with E-state index in [2.05, 4.69) is 40.7 Å². The van der Waals surface area contributed by atoms with Gasteiger partial charge in [0, 0.05) is 20.1 Å². The van der Waals surface area contributed by atoms with Gasteiger partial charge in [-0.2, -0.15) is 0 Å². The van der Waals surface area contributed by atoms with Crippen LogP contribution in [-0.4, -0.2) is 61.9 Å². The summed E-state index contributed by atoms with van der Waals surface area (Å²) < 4.78 is 29.7. The molecule has 33 heavy (non-hydrogen) atoms. The van der Waals surface area contributed by atoms with E-state index < -0.39 is 0 Å². The Hall–Kier alpha value is -0.950. The molecule has 0 N–H and O–H groups in total. The molecule has 0 bridgehead atoms. The van der Waals surface area contributed by atoms with Crippen LogP contribution in [0.15, 0.2) is 11.6 Å². The molecule has 4 unspecified atom stereocenters. The highest BCUT2D eigenvalue weighted by Gasteiger charge is 2.72. The average Bonchev–Trinajstić information content (AvgIpc) is 3.67. The van der Waals surface area contributed by atoms with Crippen LogP contribution in [0.3, 0.4) is 0 Å². The summed E-state index contributed by atoms with van der Waals surface area (Å²) in [5.74, 6) is -0.0373. The maximum absolute atomic E-state index is 12.6. The Morgan fingerprint density at radius 2 is 1.85 bits per heavy atom. The summed E-state index contributed by atoms with van der Waals surface area (Å²) in [5.41, 5.74) is 0.818. The summed E-state index contributed by atoms with van der Waals surface area (Å²) in [4.78, 5) is 12.6. The molecule has 1 aliphatic carbocycles. The van der Waals surface area contributed by atoms with Gasteiger partial charge in [-0.15, -0.1) is 0 Å². The van der Waals surface area contributed by atoms with Crippen LogP contribution in [0.4, 0.5) is 0 Å². The van der Waals surface area contributed by atoms with E-state index in [1.54, 1.807) is 7.11 Å². The van der Waals surface area contributed by atoms with Gasteiger partial charge in [0.25, 0.3) is 0 Å². The first kappa shape index (κ1) is 26.7. The van der Waals surface area contributed by atoms with Crippen LogP contribution in [0.25, 0.3) is 0 Å². The fourth-order valence-electron chi connectivity index (χ4n) is 5.52. The van der Waals surface area contributed by atoms with E-state index in [0.717, 1.165) is 64.6 Å². The van der Waals surface area contributed by atoms with Crippen LogP contribution in [0, 0.1) is 5.92 Å². The quantitative estimate of drug-likeness (QED) is 0.148. The monoisotopic (exact) mass is 466 g/mol. The minimum atomic E-state index is -0.298. The number of unbranched alkanes of at least 4 members (excludes halogenated alkanes) is 4. The number of methoxy groups -OCH3 is 1. The van der Waals surface area contributed by atoms with Crippen LogP contribution >= 0.6 is 0 Å². The van der Waals surface area contributed by atoms with Gasteiger partial charge in [0.1, 0.15) is 23.4 Å². The lowest BCUT2D eigenvalue weighted by atomic mass is 9.68. The molecule has 6 nitrogen and oxygen atoms in total. The summed E-state index contributed by atoms with van der Waals surface area (Å²) >= 11 is 0. The zero-order chi connectivity index (χ0) is 24.1. The van der Waals surface area contributed by atoms with Crippen molar-refractivity contribution in [3.63, 3.8) is 0 Å². The fourth-order valence-corrected chi connectivity index (χ4v) is 5.52. The molecule has 0 aromatic carbocycles. The van der Waals surface area contributed by atoms with Crippen LogP contribution < -0.4 is 0 Å².